The van der Waals surface area contributed by atoms with Crippen molar-refractivity contribution in [2.45, 2.75) is 31.8 Å². The molecule has 0 aliphatic carbocycles. The highest BCUT2D eigenvalue weighted by molar-refractivity contribution is 5.29. The molecule has 0 aromatic heterocycles. The van der Waals surface area contributed by atoms with E-state index in [1.54, 1.807) is 7.11 Å². The lowest BCUT2D eigenvalue weighted by Gasteiger charge is -2.28. The molecule has 0 saturated carbocycles. The smallest absolute Gasteiger partial charge is 0.117 e. The molecule has 21 heavy (non-hydrogen) atoms. The second-order valence-corrected chi connectivity index (χ2v) is 5.90. The van der Waals surface area contributed by atoms with E-state index in [-0.39, 0.29) is 6.61 Å². The highest BCUT2D eigenvalue weighted by Crippen LogP contribution is 2.27. The summed E-state index contributed by atoms with van der Waals surface area (Å²) in [5, 5.41) is 11.0. The SMILES string of the molecule is COCC(O)(Cc1ccc(C(C)C)cc1)c1ccccc1. The van der Waals surface area contributed by atoms with Crippen LogP contribution in [-0.2, 0) is 16.8 Å². The highest BCUT2D eigenvalue weighted by atomic mass is 16.5. The molecule has 0 saturated heterocycles. The Morgan fingerprint density at radius 3 is 2.14 bits per heavy atom. The first-order chi connectivity index (χ1) is 10.0. The maximum Gasteiger partial charge on any atom is 0.117 e. The summed E-state index contributed by atoms with van der Waals surface area (Å²) in [6.45, 7) is 4.64. The molecule has 0 radical (unpaired) electrons. The Kier molecular flexibility index (Phi) is 5.16. The van der Waals surface area contributed by atoms with E-state index >= 15 is 0 Å². The van der Waals surface area contributed by atoms with Crippen molar-refractivity contribution in [1.29, 1.82) is 0 Å². The van der Waals surface area contributed by atoms with E-state index in [4.69, 9.17) is 4.74 Å². The zero-order valence-corrected chi connectivity index (χ0v) is 13.0. The zero-order valence-electron chi connectivity index (χ0n) is 13.0. The zero-order chi connectivity index (χ0) is 15.3. The third-order valence-corrected chi connectivity index (χ3v) is 3.84. The summed E-state index contributed by atoms with van der Waals surface area (Å²) in [6.07, 6.45) is 0.545. The van der Waals surface area contributed by atoms with Crippen molar-refractivity contribution >= 4 is 0 Å². The Bertz CT molecular complexity index is 546. The molecule has 2 rings (SSSR count). The predicted octanol–water partition coefficient (Wildman–Crippen LogP) is 3.89. The van der Waals surface area contributed by atoms with Crippen LogP contribution in [0.4, 0.5) is 0 Å². The van der Waals surface area contributed by atoms with Gasteiger partial charge in [0.25, 0.3) is 0 Å². The molecule has 0 heterocycles. The molecule has 2 aromatic rings. The fourth-order valence-electron chi connectivity index (χ4n) is 2.58. The Balaban J connectivity index is 2.23. The van der Waals surface area contributed by atoms with Gasteiger partial charge in [0.15, 0.2) is 0 Å². The van der Waals surface area contributed by atoms with Gasteiger partial charge in [-0.05, 0) is 22.6 Å². The number of hydrogen-bond acceptors (Lipinski definition) is 2. The maximum absolute atomic E-state index is 11.0. The average molecular weight is 284 g/mol. The number of ether oxygens (including phenoxy) is 1. The molecule has 2 nitrogen and oxygen atoms in total. The molecule has 0 bridgehead atoms. The summed E-state index contributed by atoms with van der Waals surface area (Å²) < 4.78 is 5.25. The quantitative estimate of drug-likeness (QED) is 0.872. The van der Waals surface area contributed by atoms with Crippen LogP contribution in [0.25, 0.3) is 0 Å². The molecule has 0 aliphatic rings. The molecule has 0 spiro atoms. The lowest BCUT2D eigenvalue weighted by atomic mass is 9.87. The molecule has 0 fully saturated rings. The molecular formula is C19H24O2. The van der Waals surface area contributed by atoms with E-state index in [1.807, 2.05) is 30.3 Å². The van der Waals surface area contributed by atoms with Crippen molar-refractivity contribution in [3.63, 3.8) is 0 Å². The van der Waals surface area contributed by atoms with Gasteiger partial charge < -0.3 is 9.84 Å². The Hall–Kier alpha value is -1.64. The summed E-state index contributed by atoms with van der Waals surface area (Å²) in [4.78, 5) is 0. The largest absolute Gasteiger partial charge is 0.382 e. The fraction of sp³-hybridized carbons (Fsp3) is 0.368. The highest BCUT2D eigenvalue weighted by Gasteiger charge is 2.29. The van der Waals surface area contributed by atoms with Gasteiger partial charge in [0.2, 0.25) is 0 Å². The summed E-state index contributed by atoms with van der Waals surface area (Å²) in [5.74, 6) is 0.519. The topological polar surface area (TPSA) is 29.5 Å². The number of benzene rings is 2. The van der Waals surface area contributed by atoms with Gasteiger partial charge in [-0.25, -0.2) is 0 Å². The summed E-state index contributed by atoms with van der Waals surface area (Å²) in [7, 11) is 1.62. The Morgan fingerprint density at radius 1 is 1.00 bits per heavy atom. The molecule has 0 amide bonds. The molecule has 1 N–H and O–H groups in total. The minimum absolute atomic E-state index is 0.281. The van der Waals surface area contributed by atoms with E-state index in [0.29, 0.717) is 12.3 Å². The standard InChI is InChI=1S/C19H24O2/c1-15(2)17-11-9-16(10-12-17)13-19(20,14-21-3)18-7-5-4-6-8-18/h4-12,15,20H,13-14H2,1-3H3. The van der Waals surface area contributed by atoms with Crippen LogP contribution in [0.2, 0.25) is 0 Å². The van der Waals surface area contributed by atoms with Crippen LogP contribution in [-0.4, -0.2) is 18.8 Å². The molecule has 0 aliphatic heterocycles. The first-order valence-corrected chi connectivity index (χ1v) is 7.41. The molecule has 112 valence electrons. The Morgan fingerprint density at radius 2 is 1.62 bits per heavy atom. The van der Waals surface area contributed by atoms with Gasteiger partial charge in [-0.2, -0.15) is 0 Å². The van der Waals surface area contributed by atoms with E-state index < -0.39 is 5.60 Å². The van der Waals surface area contributed by atoms with Crippen molar-refractivity contribution < 1.29 is 9.84 Å². The molecule has 2 heteroatoms. The predicted molar refractivity (Wildman–Crippen MR) is 86.4 cm³/mol. The minimum atomic E-state index is -0.991. The van der Waals surface area contributed by atoms with Crippen LogP contribution in [0.15, 0.2) is 54.6 Å². The Labute approximate surface area is 127 Å². The van der Waals surface area contributed by atoms with Crippen molar-refractivity contribution in [3.8, 4) is 0 Å². The monoisotopic (exact) mass is 284 g/mol. The van der Waals surface area contributed by atoms with Gasteiger partial charge in [0, 0.05) is 13.5 Å². The van der Waals surface area contributed by atoms with Crippen LogP contribution in [0, 0.1) is 0 Å². The van der Waals surface area contributed by atoms with Gasteiger partial charge in [-0.1, -0.05) is 68.4 Å². The molecule has 2 aromatic carbocycles. The second-order valence-electron chi connectivity index (χ2n) is 5.90. The van der Waals surface area contributed by atoms with E-state index in [0.717, 1.165) is 11.1 Å². The van der Waals surface area contributed by atoms with E-state index in [1.165, 1.54) is 5.56 Å². The van der Waals surface area contributed by atoms with E-state index in [9.17, 15) is 5.11 Å². The van der Waals surface area contributed by atoms with Gasteiger partial charge >= 0.3 is 0 Å². The van der Waals surface area contributed by atoms with Crippen LogP contribution in [0.3, 0.4) is 0 Å². The summed E-state index contributed by atoms with van der Waals surface area (Å²) >= 11 is 0. The van der Waals surface area contributed by atoms with Crippen LogP contribution < -0.4 is 0 Å². The normalized spacial score (nSPS) is 14.1. The van der Waals surface area contributed by atoms with Crippen LogP contribution in [0.5, 0.6) is 0 Å². The lowest BCUT2D eigenvalue weighted by Crippen LogP contribution is -2.33. The minimum Gasteiger partial charge on any atom is -0.382 e. The van der Waals surface area contributed by atoms with Crippen molar-refractivity contribution in [1.82, 2.24) is 0 Å². The van der Waals surface area contributed by atoms with Crippen molar-refractivity contribution in [2.75, 3.05) is 13.7 Å². The third-order valence-electron chi connectivity index (χ3n) is 3.84. The number of hydrogen-bond donors (Lipinski definition) is 1. The summed E-state index contributed by atoms with van der Waals surface area (Å²) in [6, 6.07) is 18.2. The maximum atomic E-state index is 11.0. The molecular weight excluding hydrogens is 260 g/mol. The van der Waals surface area contributed by atoms with E-state index in [2.05, 4.69) is 38.1 Å². The summed E-state index contributed by atoms with van der Waals surface area (Å²) in [5.41, 5.74) is 2.33. The lowest BCUT2D eigenvalue weighted by molar-refractivity contribution is -0.0355. The average Bonchev–Trinajstić information content (AvgIpc) is 2.49. The number of aliphatic hydroxyl groups is 1. The first-order valence-electron chi connectivity index (χ1n) is 7.41. The third kappa shape index (κ3) is 3.93. The van der Waals surface area contributed by atoms with Gasteiger partial charge in [-0.3, -0.25) is 0 Å². The van der Waals surface area contributed by atoms with Crippen LogP contribution >= 0.6 is 0 Å². The number of rotatable bonds is 6. The first kappa shape index (κ1) is 15.7. The van der Waals surface area contributed by atoms with Crippen LogP contribution in [0.1, 0.15) is 36.5 Å². The second kappa shape index (κ2) is 6.88. The van der Waals surface area contributed by atoms with Crippen molar-refractivity contribution in [3.05, 3.63) is 71.3 Å². The van der Waals surface area contributed by atoms with Gasteiger partial charge in [0.05, 0.1) is 6.61 Å². The number of methoxy groups -OCH3 is 1. The molecule has 1 unspecified atom stereocenters. The molecule has 1 atom stereocenters. The van der Waals surface area contributed by atoms with Crippen molar-refractivity contribution in [2.24, 2.45) is 0 Å². The fourth-order valence-corrected chi connectivity index (χ4v) is 2.58. The van der Waals surface area contributed by atoms with Gasteiger partial charge in [-0.15, -0.1) is 0 Å². The van der Waals surface area contributed by atoms with Gasteiger partial charge in [0.1, 0.15) is 5.60 Å².